The van der Waals surface area contributed by atoms with E-state index in [1.54, 1.807) is 34.6 Å². The zero-order valence-electron chi connectivity index (χ0n) is 17.0. The third-order valence-corrected chi connectivity index (χ3v) is 6.04. The van der Waals surface area contributed by atoms with Gasteiger partial charge in [-0.15, -0.1) is 0 Å². The van der Waals surface area contributed by atoms with Crippen LogP contribution in [0.4, 0.5) is 0 Å². The Bertz CT molecular complexity index is 889. The van der Waals surface area contributed by atoms with Gasteiger partial charge < -0.3 is 10.1 Å². The minimum atomic E-state index is -3.74. The second-order valence-electron chi connectivity index (χ2n) is 6.98. The molecule has 28 heavy (non-hydrogen) atoms. The monoisotopic (exact) mass is 409 g/mol. The number of esters is 1. The molecule has 0 saturated carbocycles. The molecule has 1 aromatic carbocycles. The molecule has 0 aliphatic rings. The van der Waals surface area contributed by atoms with E-state index < -0.39 is 33.5 Å². The molecule has 0 aliphatic carbocycles. The molecular weight excluding hydrogens is 382 g/mol. The highest BCUT2D eigenvalue weighted by atomic mass is 32.2. The summed E-state index contributed by atoms with van der Waals surface area (Å²) in [6.07, 6.45) is -1.16. The molecule has 1 rings (SSSR count). The Balaban J connectivity index is 3.02. The first-order valence-corrected chi connectivity index (χ1v) is 10.4. The Hall–Kier alpha value is -2.44. The summed E-state index contributed by atoms with van der Waals surface area (Å²) in [5, 5.41) is 11.9. The van der Waals surface area contributed by atoms with Crippen LogP contribution < -0.4 is 10.0 Å². The first-order valence-electron chi connectivity index (χ1n) is 8.92. The summed E-state index contributed by atoms with van der Waals surface area (Å²) in [6, 6.07) is 6.15. The van der Waals surface area contributed by atoms with Crippen LogP contribution in [0, 0.1) is 24.2 Å². The van der Waals surface area contributed by atoms with Crippen LogP contribution in [0.15, 0.2) is 23.1 Å². The molecule has 8 nitrogen and oxygen atoms in total. The van der Waals surface area contributed by atoms with Crippen LogP contribution in [-0.2, 0) is 19.6 Å². The van der Waals surface area contributed by atoms with Gasteiger partial charge in [-0.3, -0.25) is 4.79 Å². The lowest BCUT2D eigenvalue weighted by molar-refractivity contribution is -0.130. The number of sulfonamides is 1. The van der Waals surface area contributed by atoms with Gasteiger partial charge in [0.1, 0.15) is 5.54 Å². The van der Waals surface area contributed by atoms with E-state index in [1.807, 2.05) is 6.07 Å². The number of aryl methyl sites for hydroxylation is 1. The molecule has 0 spiro atoms. The maximum absolute atomic E-state index is 12.5. The zero-order chi connectivity index (χ0) is 21.7. The van der Waals surface area contributed by atoms with E-state index in [9.17, 15) is 23.3 Å². The number of nitrogens with one attached hydrogen (secondary N) is 2. The van der Waals surface area contributed by atoms with Crippen LogP contribution in [0.2, 0.25) is 0 Å². The molecule has 2 atom stereocenters. The van der Waals surface area contributed by atoms with Crippen molar-refractivity contribution in [3.05, 3.63) is 29.3 Å². The highest BCUT2D eigenvalue weighted by Gasteiger charge is 2.33. The van der Waals surface area contributed by atoms with Gasteiger partial charge in [0, 0.05) is 6.54 Å². The van der Waals surface area contributed by atoms with Crippen molar-refractivity contribution < 1.29 is 22.7 Å². The number of carbonyl (C=O) groups is 2. The van der Waals surface area contributed by atoms with Crippen LogP contribution in [-0.4, -0.2) is 38.5 Å². The van der Waals surface area contributed by atoms with Crippen LogP contribution in [0.5, 0.6) is 0 Å². The fourth-order valence-electron chi connectivity index (χ4n) is 2.20. The summed E-state index contributed by atoms with van der Waals surface area (Å²) in [5.74, 6) is -1.59. The molecule has 0 saturated heterocycles. The Kier molecular flexibility index (Phi) is 7.73. The molecule has 0 heterocycles. The second-order valence-corrected chi connectivity index (χ2v) is 8.75. The van der Waals surface area contributed by atoms with Crippen LogP contribution in [0.1, 0.15) is 50.5 Å². The van der Waals surface area contributed by atoms with Crippen LogP contribution in [0.25, 0.3) is 0 Å². The third-order valence-electron chi connectivity index (χ3n) is 4.50. The van der Waals surface area contributed by atoms with Gasteiger partial charge in [-0.2, -0.15) is 5.26 Å². The number of ether oxygens (including phenoxy) is 1. The average Bonchev–Trinajstić information content (AvgIpc) is 2.61. The summed E-state index contributed by atoms with van der Waals surface area (Å²) < 4.78 is 31.8. The quantitative estimate of drug-likeness (QED) is 0.632. The van der Waals surface area contributed by atoms with Gasteiger partial charge in [-0.25, -0.2) is 17.9 Å². The molecular formula is C19H27N3O5S. The Morgan fingerprint density at radius 3 is 2.39 bits per heavy atom. The molecule has 0 aromatic heterocycles. The smallest absolute Gasteiger partial charge is 0.339 e. The third kappa shape index (κ3) is 5.53. The summed E-state index contributed by atoms with van der Waals surface area (Å²) in [7, 11) is -3.74. The minimum absolute atomic E-state index is 0.0468. The normalized spacial score (nSPS) is 14.6. The molecule has 1 amide bonds. The number of nitriles is 1. The van der Waals surface area contributed by atoms with Crippen molar-refractivity contribution in [1.29, 1.82) is 5.26 Å². The highest BCUT2D eigenvalue weighted by molar-refractivity contribution is 7.89. The van der Waals surface area contributed by atoms with Crippen molar-refractivity contribution in [1.82, 2.24) is 10.0 Å². The zero-order valence-corrected chi connectivity index (χ0v) is 17.8. The number of amides is 1. The fourth-order valence-corrected chi connectivity index (χ4v) is 3.26. The van der Waals surface area contributed by atoms with Crippen molar-refractivity contribution in [2.45, 2.75) is 58.1 Å². The van der Waals surface area contributed by atoms with E-state index in [2.05, 4.69) is 10.0 Å². The lowest BCUT2D eigenvalue weighted by Gasteiger charge is -2.28. The van der Waals surface area contributed by atoms with Crippen molar-refractivity contribution in [2.75, 3.05) is 6.54 Å². The number of carbonyl (C=O) groups excluding carboxylic acids is 2. The molecule has 0 bridgehead atoms. The van der Waals surface area contributed by atoms with Gasteiger partial charge >= 0.3 is 5.97 Å². The van der Waals surface area contributed by atoms with Crippen molar-refractivity contribution in [3.8, 4) is 6.07 Å². The van der Waals surface area contributed by atoms with Crippen molar-refractivity contribution in [2.24, 2.45) is 5.92 Å². The Morgan fingerprint density at radius 2 is 1.89 bits per heavy atom. The van der Waals surface area contributed by atoms with E-state index in [0.717, 1.165) is 0 Å². The first-order chi connectivity index (χ1) is 12.9. The number of rotatable bonds is 8. The second kappa shape index (κ2) is 9.17. The summed E-state index contributed by atoms with van der Waals surface area (Å²) >= 11 is 0. The predicted octanol–water partition coefficient (Wildman–Crippen LogP) is 1.89. The number of hydrogen-bond donors (Lipinski definition) is 2. The van der Waals surface area contributed by atoms with Gasteiger partial charge in [-0.05, 0) is 44.4 Å². The average molecular weight is 410 g/mol. The van der Waals surface area contributed by atoms with E-state index in [4.69, 9.17) is 4.74 Å². The minimum Gasteiger partial charge on any atom is -0.449 e. The SMILES string of the molecule is CCNS(=O)(=O)c1ccc(C)c(C(=O)O[C@H](C)C(=O)N[C@](C)(C#N)C(C)C)c1. The molecule has 2 N–H and O–H groups in total. The van der Waals surface area contributed by atoms with Gasteiger partial charge in [0.05, 0.1) is 16.5 Å². The van der Waals surface area contributed by atoms with Gasteiger partial charge in [-0.1, -0.05) is 26.8 Å². The molecule has 0 aliphatic heterocycles. The maximum Gasteiger partial charge on any atom is 0.339 e. The van der Waals surface area contributed by atoms with E-state index in [1.165, 1.54) is 25.1 Å². The lowest BCUT2D eigenvalue weighted by atomic mass is 9.90. The summed E-state index contributed by atoms with van der Waals surface area (Å²) in [6.45, 7) is 10.0. The van der Waals surface area contributed by atoms with Crippen LogP contribution in [0.3, 0.4) is 0 Å². The highest BCUT2D eigenvalue weighted by Crippen LogP contribution is 2.18. The summed E-state index contributed by atoms with van der Waals surface area (Å²) in [4.78, 5) is 24.8. The molecule has 1 aromatic rings. The molecule has 0 unspecified atom stereocenters. The van der Waals surface area contributed by atoms with Crippen molar-refractivity contribution in [3.63, 3.8) is 0 Å². The standard InChI is InChI=1S/C19H27N3O5S/c1-7-21-28(25,26)15-9-8-13(4)16(10-15)18(24)27-14(5)17(23)22-19(6,11-20)12(2)3/h8-10,12,14,21H,7H2,1-6H3,(H,22,23)/t14-,19-/m1/s1. The topological polar surface area (TPSA) is 125 Å². The maximum atomic E-state index is 12.5. The largest absolute Gasteiger partial charge is 0.449 e. The Labute approximate surface area is 166 Å². The van der Waals surface area contributed by atoms with E-state index in [-0.39, 0.29) is 22.9 Å². The van der Waals surface area contributed by atoms with Gasteiger partial charge in [0.25, 0.3) is 5.91 Å². The fraction of sp³-hybridized carbons (Fsp3) is 0.526. The first kappa shape index (κ1) is 23.6. The Morgan fingerprint density at radius 1 is 1.29 bits per heavy atom. The summed E-state index contributed by atoms with van der Waals surface area (Å²) in [5.41, 5.74) is -0.546. The molecule has 9 heteroatoms. The molecule has 154 valence electrons. The number of nitrogens with zero attached hydrogens (tertiary/aromatic N) is 1. The van der Waals surface area contributed by atoms with E-state index in [0.29, 0.717) is 5.56 Å². The predicted molar refractivity (Wildman–Crippen MR) is 104 cm³/mol. The van der Waals surface area contributed by atoms with Crippen molar-refractivity contribution >= 4 is 21.9 Å². The van der Waals surface area contributed by atoms with Gasteiger partial charge in [0.15, 0.2) is 6.10 Å². The van der Waals surface area contributed by atoms with E-state index >= 15 is 0 Å². The lowest BCUT2D eigenvalue weighted by Crippen LogP contribution is -2.52. The van der Waals surface area contributed by atoms with Crippen LogP contribution >= 0.6 is 0 Å². The number of benzene rings is 1. The van der Waals surface area contributed by atoms with Gasteiger partial charge in [0.2, 0.25) is 10.0 Å². The number of hydrogen-bond acceptors (Lipinski definition) is 6. The molecule has 0 fully saturated rings. The molecule has 0 radical (unpaired) electrons.